The summed E-state index contributed by atoms with van der Waals surface area (Å²) in [6, 6.07) is 26.4. The minimum absolute atomic E-state index is 0.298. The van der Waals surface area contributed by atoms with Gasteiger partial charge in [0.05, 0.1) is 11.4 Å². The highest BCUT2D eigenvalue weighted by Crippen LogP contribution is 2.57. The normalized spacial score (nSPS) is 23.3. The van der Waals surface area contributed by atoms with E-state index in [1.54, 1.807) is 41.7 Å². The summed E-state index contributed by atoms with van der Waals surface area (Å²) in [5, 5.41) is 2.30. The molecule has 2 fully saturated rings. The number of amides is 2. The zero-order valence-electron chi connectivity index (χ0n) is 18.8. The number of anilines is 2. The van der Waals surface area contributed by atoms with Crippen molar-refractivity contribution in [2.75, 3.05) is 9.96 Å². The number of pyridine rings is 1. The molecule has 8 heteroatoms. The number of para-hydroxylation sites is 1. The van der Waals surface area contributed by atoms with Crippen LogP contribution >= 0.6 is 23.2 Å². The van der Waals surface area contributed by atoms with Crippen molar-refractivity contribution in [3.63, 3.8) is 0 Å². The molecular weight excluding hydrogens is 497 g/mol. The quantitative estimate of drug-likeness (QED) is 0.323. The van der Waals surface area contributed by atoms with Crippen molar-refractivity contribution in [2.45, 2.75) is 17.6 Å². The second-order valence-electron chi connectivity index (χ2n) is 8.68. The molecule has 0 bridgehead atoms. The van der Waals surface area contributed by atoms with Gasteiger partial charge in [-0.05, 0) is 47.5 Å². The minimum atomic E-state index is -1.40. The zero-order valence-corrected chi connectivity index (χ0v) is 20.3. The summed E-state index contributed by atoms with van der Waals surface area (Å²) in [5.74, 6) is -0.913. The molecule has 6 rings (SSSR count). The van der Waals surface area contributed by atoms with E-state index in [9.17, 15) is 9.59 Å². The van der Waals surface area contributed by atoms with Gasteiger partial charge in [0, 0.05) is 22.4 Å². The van der Waals surface area contributed by atoms with Gasteiger partial charge >= 0.3 is 0 Å². The van der Waals surface area contributed by atoms with E-state index >= 15 is 0 Å². The Balaban J connectivity index is 1.62. The largest absolute Gasteiger partial charge is 0.273 e. The molecule has 0 N–H and O–H groups in total. The summed E-state index contributed by atoms with van der Waals surface area (Å²) in [6.07, 6.45) is 2.24. The molecule has 0 aliphatic carbocycles. The number of hydroxylamine groups is 1. The summed E-state index contributed by atoms with van der Waals surface area (Å²) in [6.45, 7) is 0. The van der Waals surface area contributed by atoms with E-state index in [2.05, 4.69) is 4.98 Å². The number of hydrogen-bond acceptors (Lipinski definition) is 5. The third-order valence-electron chi connectivity index (χ3n) is 6.67. The van der Waals surface area contributed by atoms with Gasteiger partial charge in [-0.15, -0.1) is 0 Å². The van der Waals surface area contributed by atoms with Crippen molar-refractivity contribution in [1.29, 1.82) is 0 Å². The number of carbonyl (C=O) groups excluding carboxylic acids is 2. The first-order valence-electron chi connectivity index (χ1n) is 11.3. The van der Waals surface area contributed by atoms with Gasteiger partial charge in [-0.1, -0.05) is 77.8 Å². The summed E-state index contributed by atoms with van der Waals surface area (Å²) in [4.78, 5) is 40.5. The average molecular weight is 516 g/mol. The molecule has 2 aliphatic heterocycles. The van der Waals surface area contributed by atoms with Gasteiger partial charge in [-0.3, -0.25) is 19.4 Å². The predicted octanol–water partition coefficient (Wildman–Crippen LogP) is 5.76. The van der Waals surface area contributed by atoms with Crippen molar-refractivity contribution in [2.24, 2.45) is 0 Å². The lowest BCUT2D eigenvalue weighted by Gasteiger charge is -2.35. The monoisotopic (exact) mass is 515 g/mol. The van der Waals surface area contributed by atoms with Crippen LogP contribution in [0.15, 0.2) is 103 Å². The van der Waals surface area contributed by atoms with E-state index in [0.29, 0.717) is 27.0 Å². The van der Waals surface area contributed by atoms with E-state index in [0.717, 1.165) is 10.5 Å². The van der Waals surface area contributed by atoms with Crippen molar-refractivity contribution in [3.8, 4) is 0 Å². The van der Waals surface area contributed by atoms with Gasteiger partial charge in [0.25, 0.3) is 5.91 Å². The smallest absolute Gasteiger partial charge is 0.267 e. The highest BCUT2D eigenvalue weighted by molar-refractivity contribution is 6.36. The molecule has 36 heavy (non-hydrogen) atoms. The molecule has 3 atom stereocenters. The molecule has 2 saturated heterocycles. The summed E-state index contributed by atoms with van der Waals surface area (Å²) < 4.78 is 0. The van der Waals surface area contributed by atoms with E-state index in [1.807, 2.05) is 66.7 Å². The first-order valence-corrected chi connectivity index (χ1v) is 12.1. The van der Waals surface area contributed by atoms with Crippen LogP contribution in [-0.4, -0.2) is 22.9 Å². The molecule has 3 unspecified atom stereocenters. The molecule has 0 spiro atoms. The third kappa shape index (κ3) is 3.33. The topological polar surface area (TPSA) is 62.7 Å². The Morgan fingerprint density at radius 1 is 0.806 bits per heavy atom. The predicted molar refractivity (Wildman–Crippen MR) is 138 cm³/mol. The molecule has 2 aliphatic rings. The second kappa shape index (κ2) is 8.75. The summed E-state index contributed by atoms with van der Waals surface area (Å²) in [5.41, 5.74) is 1.02. The Hall–Kier alpha value is -3.71. The van der Waals surface area contributed by atoms with Crippen molar-refractivity contribution in [1.82, 2.24) is 4.98 Å². The van der Waals surface area contributed by atoms with Crippen LogP contribution in [0, 0.1) is 0 Å². The van der Waals surface area contributed by atoms with Crippen LogP contribution in [-0.2, 0) is 19.8 Å². The zero-order chi connectivity index (χ0) is 24.9. The average Bonchev–Trinajstić information content (AvgIpc) is 3.36. The standard InChI is InChI=1S/C28H19Cl2N3O3/c29-20-14-21(30)16-23(15-20)32-26(34)25-28(27(32)35,19-9-3-1-4-10-19)24(18-8-7-13-31-17-18)33(36-25)22-11-5-2-6-12-22/h1-17,24-25H. The fourth-order valence-corrected chi connectivity index (χ4v) is 5.75. The minimum Gasteiger partial charge on any atom is -0.273 e. The molecule has 0 radical (unpaired) electrons. The first kappa shape index (κ1) is 22.7. The Labute approximate surface area is 217 Å². The maximum absolute atomic E-state index is 14.6. The van der Waals surface area contributed by atoms with Crippen molar-refractivity contribution >= 4 is 46.4 Å². The van der Waals surface area contributed by atoms with Crippen LogP contribution in [0.2, 0.25) is 10.0 Å². The number of hydrogen-bond donors (Lipinski definition) is 0. The number of halogens is 2. The van der Waals surface area contributed by atoms with Gasteiger partial charge in [0.1, 0.15) is 11.5 Å². The summed E-state index contributed by atoms with van der Waals surface area (Å²) >= 11 is 12.5. The Kier molecular flexibility index (Phi) is 5.52. The number of fused-ring (bicyclic) bond motifs is 1. The van der Waals surface area contributed by atoms with Gasteiger partial charge in [0.15, 0.2) is 6.10 Å². The first-order chi connectivity index (χ1) is 17.5. The van der Waals surface area contributed by atoms with Crippen molar-refractivity contribution < 1.29 is 14.4 Å². The highest BCUT2D eigenvalue weighted by atomic mass is 35.5. The fourth-order valence-electron chi connectivity index (χ4n) is 5.24. The molecule has 0 saturated carbocycles. The highest BCUT2D eigenvalue weighted by Gasteiger charge is 2.72. The van der Waals surface area contributed by atoms with E-state index < -0.39 is 29.4 Å². The molecule has 3 heterocycles. The molecule has 178 valence electrons. The number of imide groups is 1. The lowest BCUT2D eigenvalue weighted by molar-refractivity contribution is -0.126. The molecule has 4 aromatic rings. The lowest BCUT2D eigenvalue weighted by Crippen LogP contribution is -2.46. The SMILES string of the molecule is O=C1C2ON(c3ccccc3)C(c3cccnc3)C2(c2ccccc2)C(=O)N1c1cc(Cl)cc(Cl)c1. The van der Waals surface area contributed by atoms with Crippen molar-refractivity contribution in [3.05, 3.63) is 125 Å². The van der Waals surface area contributed by atoms with E-state index in [-0.39, 0.29) is 0 Å². The Bertz CT molecular complexity index is 1430. The number of aromatic nitrogens is 1. The Morgan fingerprint density at radius 3 is 2.11 bits per heavy atom. The van der Waals surface area contributed by atoms with Crippen LogP contribution in [0.3, 0.4) is 0 Å². The van der Waals surface area contributed by atoms with Gasteiger partial charge in [-0.2, -0.15) is 0 Å². The van der Waals surface area contributed by atoms with Gasteiger partial charge < -0.3 is 0 Å². The molecule has 3 aromatic carbocycles. The maximum Gasteiger partial charge on any atom is 0.267 e. The number of nitrogens with zero attached hydrogens (tertiary/aromatic N) is 3. The van der Waals surface area contributed by atoms with Crippen LogP contribution in [0.25, 0.3) is 0 Å². The Morgan fingerprint density at radius 2 is 1.47 bits per heavy atom. The molecular formula is C28H19Cl2N3O3. The number of rotatable bonds is 4. The third-order valence-corrected chi connectivity index (χ3v) is 7.10. The second-order valence-corrected chi connectivity index (χ2v) is 9.55. The fraction of sp³-hybridized carbons (Fsp3) is 0.107. The lowest BCUT2D eigenvalue weighted by atomic mass is 9.69. The maximum atomic E-state index is 14.6. The van der Waals surface area contributed by atoms with Crippen LogP contribution in [0.4, 0.5) is 11.4 Å². The van der Waals surface area contributed by atoms with Gasteiger partial charge in [0.2, 0.25) is 5.91 Å². The molecule has 6 nitrogen and oxygen atoms in total. The molecule has 1 aromatic heterocycles. The van der Waals surface area contributed by atoms with Gasteiger partial charge in [-0.25, -0.2) is 9.96 Å². The van der Waals surface area contributed by atoms with Crippen LogP contribution in [0.1, 0.15) is 17.2 Å². The molecule has 2 amide bonds. The summed E-state index contributed by atoms with van der Waals surface area (Å²) in [7, 11) is 0. The van der Waals surface area contributed by atoms with Crippen LogP contribution < -0.4 is 9.96 Å². The van der Waals surface area contributed by atoms with E-state index in [1.165, 1.54) is 0 Å². The van der Waals surface area contributed by atoms with Crippen LogP contribution in [0.5, 0.6) is 0 Å². The van der Waals surface area contributed by atoms with E-state index in [4.69, 9.17) is 28.0 Å². The number of carbonyl (C=O) groups is 2. The number of benzene rings is 3.